The molecule has 0 N–H and O–H groups in total. The van der Waals surface area contributed by atoms with Crippen LogP contribution < -0.4 is 4.74 Å². The molecule has 0 amide bonds. The molecule has 0 bridgehead atoms. The number of likely N-dealkylation sites (N-methyl/N-ethyl adjacent to an activating group) is 1. The van der Waals surface area contributed by atoms with Crippen LogP contribution in [0.2, 0.25) is 0 Å². The number of rotatable bonds is 5. The minimum absolute atomic E-state index is 0.650. The zero-order valence-corrected chi connectivity index (χ0v) is 15.3. The van der Waals surface area contributed by atoms with E-state index >= 15 is 0 Å². The molecule has 0 atom stereocenters. The van der Waals surface area contributed by atoms with Crippen LogP contribution in [0.4, 0.5) is 0 Å². The largest absolute Gasteiger partial charge is 0.456 e. The SMILES string of the molecule is CN(C)CCOCc1cc2c(s1)-c1ccccc1Oc1ccccc1-2. The molecular weight excluding hydrogens is 330 g/mol. The zero-order valence-electron chi connectivity index (χ0n) is 14.5. The highest BCUT2D eigenvalue weighted by atomic mass is 32.1. The Kier molecular flexibility index (Phi) is 4.57. The van der Waals surface area contributed by atoms with Crippen LogP contribution in [-0.2, 0) is 11.3 Å². The van der Waals surface area contributed by atoms with E-state index in [1.807, 2.05) is 24.3 Å². The van der Waals surface area contributed by atoms with E-state index in [2.05, 4.69) is 49.3 Å². The van der Waals surface area contributed by atoms with Gasteiger partial charge in [-0.15, -0.1) is 11.3 Å². The van der Waals surface area contributed by atoms with E-state index in [4.69, 9.17) is 9.47 Å². The van der Waals surface area contributed by atoms with Crippen molar-refractivity contribution in [2.24, 2.45) is 0 Å². The summed E-state index contributed by atoms with van der Waals surface area (Å²) in [7, 11) is 4.12. The maximum absolute atomic E-state index is 6.18. The summed E-state index contributed by atoms with van der Waals surface area (Å²) < 4.78 is 12.0. The van der Waals surface area contributed by atoms with Crippen molar-refractivity contribution in [1.29, 1.82) is 0 Å². The van der Waals surface area contributed by atoms with E-state index in [1.54, 1.807) is 11.3 Å². The summed E-state index contributed by atoms with van der Waals surface area (Å²) in [5, 5.41) is 0. The smallest absolute Gasteiger partial charge is 0.136 e. The van der Waals surface area contributed by atoms with E-state index < -0.39 is 0 Å². The number of thiophene rings is 1. The van der Waals surface area contributed by atoms with Gasteiger partial charge in [-0.2, -0.15) is 0 Å². The quantitative estimate of drug-likeness (QED) is 0.457. The molecule has 3 aromatic rings. The standard InChI is InChI=1S/C21H21NO2S/c1-22(2)11-12-23-14-15-13-18-16-7-3-5-9-19(16)24-20-10-6-4-8-17(20)21(18)25-15/h3-10,13H,11-12,14H2,1-2H3. The van der Waals surface area contributed by atoms with Gasteiger partial charge >= 0.3 is 0 Å². The van der Waals surface area contributed by atoms with E-state index in [1.165, 1.54) is 15.3 Å². The van der Waals surface area contributed by atoms with E-state index in [0.29, 0.717) is 6.61 Å². The second kappa shape index (κ2) is 7.00. The van der Waals surface area contributed by atoms with Gasteiger partial charge in [-0.25, -0.2) is 0 Å². The number of hydrogen-bond donors (Lipinski definition) is 0. The van der Waals surface area contributed by atoms with Gasteiger partial charge in [0.1, 0.15) is 11.5 Å². The molecule has 0 radical (unpaired) electrons. The average Bonchev–Trinajstić information content (AvgIpc) is 2.98. The number of para-hydroxylation sites is 2. The molecule has 0 fully saturated rings. The first kappa shape index (κ1) is 16.3. The molecule has 128 valence electrons. The molecule has 0 spiro atoms. The molecule has 0 unspecified atom stereocenters. The summed E-state index contributed by atoms with van der Waals surface area (Å²) in [5.74, 6) is 1.82. The van der Waals surface area contributed by atoms with Gasteiger partial charge in [-0.1, -0.05) is 30.3 Å². The third-order valence-corrected chi connectivity index (χ3v) is 5.38. The maximum Gasteiger partial charge on any atom is 0.136 e. The molecule has 0 saturated carbocycles. The van der Waals surface area contributed by atoms with Crippen molar-refractivity contribution in [3.05, 3.63) is 59.5 Å². The van der Waals surface area contributed by atoms with Gasteiger partial charge in [0, 0.05) is 33.0 Å². The van der Waals surface area contributed by atoms with Gasteiger partial charge in [-0.05, 0) is 38.4 Å². The average molecular weight is 351 g/mol. The third-order valence-electron chi connectivity index (χ3n) is 4.24. The normalized spacial score (nSPS) is 12.1. The molecule has 2 heterocycles. The molecule has 1 aliphatic rings. The van der Waals surface area contributed by atoms with Gasteiger partial charge in [0.15, 0.2) is 0 Å². The fourth-order valence-electron chi connectivity index (χ4n) is 2.97. The first-order chi connectivity index (χ1) is 12.2. The fourth-order valence-corrected chi connectivity index (χ4v) is 4.11. The Balaban J connectivity index is 1.71. The number of ether oxygens (including phenoxy) is 2. The molecule has 1 aliphatic heterocycles. The Morgan fingerprint density at radius 2 is 1.60 bits per heavy atom. The highest BCUT2D eigenvalue weighted by molar-refractivity contribution is 7.16. The minimum Gasteiger partial charge on any atom is -0.456 e. The highest BCUT2D eigenvalue weighted by Crippen LogP contribution is 2.49. The molecule has 3 nitrogen and oxygen atoms in total. The van der Waals surface area contributed by atoms with Crippen molar-refractivity contribution in [3.63, 3.8) is 0 Å². The number of benzene rings is 2. The van der Waals surface area contributed by atoms with Crippen LogP contribution in [-0.4, -0.2) is 32.1 Å². The van der Waals surface area contributed by atoms with Crippen molar-refractivity contribution >= 4 is 11.3 Å². The molecule has 0 saturated heterocycles. The summed E-state index contributed by atoms with van der Waals surface area (Å²) in [6, 6.07) is 18.7. The molecular formula is C21H21NO2S. The van der Waals surface area contributed by atoms with Crippen molar-refractivity contribution in [1.82, 2.24) is 4.90 Å². The molecule has 4 rings (SSSR count). The zero-order chi connectivity index (χ0) is 17.2. The predicted molar refractivity (Wildman–Crippen MR) is 103 cm³/mol. The van der Waals surface area contributed by atoms with Crippen LogP contribution >= 0.6 is 11.3 Å². The Hall–Kier alpha value is -2.14. The Labute approximate surface area is 152 Å². The molecule has 2 aromatic carbocycles. The predicted octanol–water partition coefficient (Wildman–Crippen LogP) is 5.27. The number of nitrogens with zero attached hydrogens (tertiary/aromatic N) is 1. The minimum atomic E-state index is 0.650. The van der Waals surface area contributed by atoms with Gasteiger partial charge in [0.05, 0.1) is 13.2 Å². The lowest BCUT2D eigenvalue weighted by molar-refractivity contribution is 0.107. The Bertz CT molecular complexity index is 822. The molecule has 0 aliphatic carbocycles. The van der Waals surface area contributed by atoms with Crippen molar-refractivity contribution in [2.75, 3.05) is 27.2 Å². The van der Waals surface area contributed by atoms with Crippen LogP contribution in [0.15, 0.2) is 54.6 Å². The van der Waals surface area contributed by atoms with Gasteiger partial charge < -0.3 is 14.4 Å². The fraction of sp³-hybridized carbons (Fsp3) is 0.238. The lowest BCUT2D eigenvalue weighted by Gasteiger charge is -2.09. The van der Waals surface area contributed by atoms with Gasteiger partial charge in [-0.3, -0.25) is 0 Å². The highest BCUT2D eigenvalue weighted by Gasteiger charge is 2.22. The summed E-state index contributed by atoms with van der Waals surface area (Å²) in [5.41, 5.74) is 3.53. The van der Waals surface area contributed by atoms with Crippen LogP contribution in [0.5, 0.6) is 11.5 Å². The van der Waals surface area contributed by atoms with Crippen LogP contribution in [0, 0.1) is 0 Å². The van der Waals surface area contributed by atoms with Crippen molar-refractivity contribution < 1.29 is 9.47 Å². The topological polar surface area (TPSA) is 21.7 Å². The lowest BCUT2D eigenvalue weighted by atomic mass is 10.0. The number of hydrogen-bond acceptors (Lipinski definition) is 4. The Morgan fingerprint density at radius 1 is 0.920 bits per heavy atom. The van der Waals surface area contributed by atoms with E-state index in [9.17, 15) is 0 Å². The second-order valence-corrected chi connectivity index (χ2v) is 7.54. The van der Waals surface area contributed by atoms with Crippen molar-refractivity contribution in [3.8, 4) is 33.1 Å². The van der Waals surface area contributed by atoms with Crippen LogP contribution in [0.3, 0.4) is 0 Å². The lowest BCUT2D eigenvalue weighted by Crippen LogP contribution is -2.17. The van der Waals surface area contributed by atoms with Crippen molar-refractivity contribution in [2.45, 2.75) is 6.61 Å². The first-order valence-corrected chi connectivity index (χ1v) is 9.26. The maximum atomic E-state index is 6.18. The Morgan fingerprint density at radius 3 is 2.36 bits per heavy atom. The van der Waals surface area contributed by atoms with Crippen LogP contribution in [0.1, 0.15) is 4.88 Å². The van der Waals surface area contributed by atoms with E-state index in [0.717, 1.165) is 35.8 Å². The summed E-state index contributed by atoms with van der Waals surface area (Å²) >= 11 is 1.80. The van der Waals surface area contributed by atoms with E-state index in [-0.39, 0.29) is 0 Å². The second-order valence-electron chi connectivity index (χ2n) is 6.41. The summed E-state index contributed by atoms with van der Waals surface area (Å²) in [4.78, 5) is 4.63. The molecule has 1 aromatic heterocycles. The van der Waals surface area contributed by atoms with Gasteiger partial charge in [0.25, 0.3) is 0 Å². The first-order valence-electron chi connectivity index (χ1n) is 8.44. The molecule has 25 heavy (non-hydrogen) atoms. The van der Waals surface area contributed by atoms with Crippen LogP contribution in [0.25, 0.3) is 21.6 Å². The summed E-state index contributed by atoms with van der Waals surface area (Å²) in [6.45, 7) is 2.33. The summed E-state index contributed by atoms with van der Waals surface area (Å²) in [6.07, 6.45) is 0. The number of fused-ring (bicyclic) bond motifs is 5. The van der Waals surface area contributed by atoms with Gasteiger partial charge in [0.2, 0.25) is 0 Å². The monoisotopic (exact) mass is 351 g/mol. The third kappa shape index (κ3) is 3.33. The molecule has 4 heteroatoms.